The molecule has 1 N–H and O–H groups in total. The normalized spacial score (nSPS) is 8.20. The van der Waals surface area contributed by atoms with Crippen LogP contribution in [0.4, 0.5) is 0 Å². The summed E-state index contributed by atoms with van der Waals surface area (Å²) in [5.74, 6) is 0. The summed E-state index contributed by atoms with van der Waals surface area (Å²) in [6, 6.07) is 0. The smallest absolute Gasteiger partial charge is 0.0647 e. The molecule has 4 heteroatoms. The molecule has 0 bridgehead atoms. The van der Waals surface area contributed by atoms with Crippen molar-refractivity contribution in [3.63, 3.8) is 0 Å². The van der Waals surface area contributed by atoms with Crippen molar-refractivity contribution >= 4 is 24.8 Å². The molecule has 0 aromatic heterocycles. The van der Waals surface area contributed by atoms with Gasteiger partial charge in [-0.1, -0.05) is 18.2 Å². The zero-order valence-electron chi connectivity index (χ0n) is 10.4. The number of hydrogen-bond donors (Lipinski definition) is 1. The molecule has 1 rings (SSSR count). The SMILES string of the molecule is Cl.Cl.OCC1=CC=CC1.[CH3-].[CH3-].[CH3-].[CH3-].[CH3-].[Zr]. The van der Waals surface area contributed by atoms with Crippen molar-refractivity contribution in [2.75, 3.05) is 6.61 Å². The van der Waals surface area contributed by atoms with Crippen LogP contribution in [0, 0.1) is 37.1 Å². The number of aliphatic hydroxyl groups excluding tert-OH is 1. The van der Waals surface area contributed by atoms with Gasteiger partial charge in [-0.15, -0.1) is 24.8 Å². The second-order valence-corrected chi connectivity index (χ2v) is 1.62. The van der Waals surface area contributed by atoms with E-state index in [-0.39, 0.29) is 94.8 Å². The minimum Gasteiger partial charge on any atom is -0.392 e. The molecular formula is C11H25Cl2OZr-5. The van der Waals surface area contributed by atoms with E-state index in [1.165, 1.54) is 0 Å². The molecule has 0 heterocycles. The van der Waals surface area contributed by atoms with E-state index in [1.54, 1.807) is 0 Å². The van der Waals surface area contributed by atoms with Gasteiger partial charge < -0.3 is 42.2 Å². The molecule has 1 nitrogen and oxygen atoms in total. The largest absolute Gasteiger partial charge is 0.392 e. The van der Waals surface area contributed by atoms with E-state index < -0.39 is 0 Å². The average Bonchev–Trinajstić information content (AvgIpc) is 2.14. The first kappa shape index (κ1) is 56.6. The Kier molecular flexibility index (Phi) is 137. The van der Waals surface area contributed by atoms with Crippen molar-refractivity contribution in [3.05, 3.63) is 60.9 Å². The molecule has 0 aliphatic heterocycles. The topological polar surface area (TPSA) is 20.2 Å². The summed E-state index contributed by atoms with van der Waals surface area (Å²) in [6.07, 6.45) is 6.88. The molecule has 0 radical (unpaired) electrons. The van der Waals surface area contributed by atoms with E-state index in [0.29, 0.717) is 0 Å². The zero-order valence-corrected chi connectivity index (χ0v) is 14.5. The van der Waals surface area contributed by atoms with Crippen molar-refractivity contribution in [1.82, 2.24) is 0 Å². The van der Waals surface area contributed by atoms with Crippen LogP contribution in [0.5, 0.6) is 0 Å². The van der Waals surface area contributed by atoms with Crippen LogP contribution in [-0.4, -0.2) is 11.7 Å². The van der Waals surface area contributed by atoms with Crippen LogP contribution in [-0.2, 0) is 26.2 Å². The molecule has 98 valence electrons. The van der Waals surface area contributed by atoms with E-state index in [9.17, 15) is 0 Å². The number of aliphatic hydroxyl groups is 1. The summed E-state index contributed by atoms with van der Waals surface area (Å²) in [5.41, 5.74) is 1.11. The van der Waals surface area contributed by atoms with Crippen LogP contribution in [0.15, 0.2) is 23.8 Å². The number of rotatable bonds is 1. The molecule has 0 spiro atoms. The Morgan fingerprint density at radius 3 is 1.53 bits per heavy atom. The zero-order chi connectivity index (χ0) is 5.11. The predicted molar refractivity (Wildman–Crippen MR) is 75.5 cm³/mol. The van der Waals surface area contributed by atoms with Gasteiger partial charge in [0.15, 0.2) is 0 Å². The molecule has 0 fully saturated rings. The summed E-state index contributed by atoms with van der Waals surface area (Å²) in [7, 11) is 0. The second-order valence-electron chi connectivity index (χ2n) is 1.62. The van der Waals surface area contributed by atoms with Crippen LogP contribution in [0.1, 0.15) is 6.42 Å². The predicted octanol–water partition coefficient (Wildman–Crippen LogP) is 3.96. The summed E-state index contributed by atoms with van der Waals surface area (Å²) in [6.45, 7) is 0.215. The molecule has 15 heavy (non-hydrogen) atoms. The molecule has 0 aromatic carbocycles. The van der Waals surface area contributed by atoms with Gasteiger partial charge in [0, 0.05) is 26.2 Å². The minimum atomic E-state index is 0. The molecule has 0 saturated carbocycles. The van der Waals surface area contributed by atoms with Gasteiger partial charge in [0.1, 0.15) is 0 Å². The van der Waals surface area contributed by atoms with Gasteiger partial charge in [-0.25, -0.2) is 0 Å². The van der Waals surface area contributed by atoms with Crippen molar-refractivity contribution in [3.8, 4) is 0 Å². The van der Waals surface area contributed by atoms with E-state index in [0.717, 1.165) is 12.0 Å². The molecule has 1 aliphatic rings. The maximum absolute atomic E-state index is 8.46. The van der Waals surface area contributed by atoms with E-state index in [1.807, 2.05) is 18.2 Å². The fraction of sp³-hybridized carbons (Fsp3) is 0.182. The standard InChI is InChI=1S/C6H8O.5CH3.2ClH.Zr/c7-5-6-3-1-2-4-6;;;;;;;;/h1-3,7H,4-5H2;5*1H3;2*1H;/q;5*-1;;;. The summed E-state index contributed by atoms with van der Waals surface area (Å²) in [5, 5.41) is 8.46. The minimum absolute atomic E-state index is 0. The van der Waals surface area contributed by atoms with Gasteiger partial charge in [0.2, 0.25) is 0 Å². The van der Waals surface area contributed by atoms with Gasteiger partial charge in [-0.05, 0) is 12.0 Å². The first-order chi connectivity index (χ1) is 3.43. The van der Waals surface area contributed by atoms with Crippen molar-refractivity contribution in [2.45, 2.75) is 6.42 Å². The monoisotopic (exact) mass is 333 g/mol. The van der Waals surface area contributed by atoms with E-state index in [2.05, 4.69) is 0 Å². The molecule has 0 aromatic rings. The van der Waals surface area contributed by atoms with Crippen molar-refractivity contribution < 1.29 is 31.3 Å². The second kappa shape index (κ2) is 36.3. The molecular weight excluding hydrogens is 310 g/mol. The Hall–Kier alpha value is 0.903. The average molecular weight is 335 g/mol. The third-order valence-corrected chi connectivity index (χ3v) is 1.05. The first-order valence-electron chi connectivity index (χ1n) is 2.39. The Labute approximate surface area is 129 Å². The number of hydrogen-bond acceptors (Lipinski definition) is 1. The van der Waals surface area contributed by atoms with Crippen LogP contribution in [0.2, 0.25) is 0 Å². The fourth-order valence-corrected chi connectivity index (χ4v) is 0.609. The van der Waals surface area contributed by atoms with Crippen LogP contribution >= 0.6 is 24.8 Å². The van der Waals surface area contributed by atoms with Gasteiger partial charge in [0.25, 0.3) is 0 Å². The molecule has 0 atom stereocenters. The van der Waals surface area contributed by atoms with Crippen molar-refractivity contribution in [1.29, 1.82) is 0 Å². The van der Waals surface area contributed by atoms with E-state index in [4.69, 9.17) is 5.11 Å². The van der Waals surface area contributed by atoms with Gasteiger partial charge in [-0.2, -0.15) is 0 Å². The Bertz CT molecular complexity index is 126. The summed E-state index contributed by atoms with van der Waals surface area (Å²) >= 11 is 0. The van der Waals surface area contributed by atoms with Crippen molar-refractivity contribution in [2.24, 2.45) is 0 Å². The summed E-state index contributed by atoms with van der Waals surface area (Å²) < 4.78 is 0. The number of halogens is 2. The van der Waals surface area contributed by atoms with E-state index >= 15 is 0 Å². The maximum atomic E-state index is 8.46. The maximum Gasteiger partial charge on any atom is 0.0647 e. The van der Waals surface area contributed by atoms with Gasteiger partial charge >= 0.3 is 0 Å². The summed E-state index contributed by atoms with van der Waals surface area (Å²) in [4.78, 5) is 0. The Morgan fingerprint density at radius 2 is 1.40 bits per heavy atom. The molecule has 0 saturated heterocycles. The third kappa shape index (κ3) is 25.3. The first-order valence-corrected chi connectivity index (χ1v) is 2.39. The van der Waals surface area contributed by atoms with Crippen LogP contribution in [0.3, 0.4) is 0 Å². The molecule has 1 aliphatic carbocycles. The van der Waals surface area contributed by atoms with Crippen LogP contribution < -0.4 is 0 Å². The van der Waals surface area contributed by atoms with Gasteiger partial charge in [-0.3, -0.25) is 0 Å². The quantitative estimate of drug-likeness (QED) is 0.719. The molecule has 0 unspecified atom stereocenters. The fourth-order valence-electron chi connectivity index (χ4n) is 0.609. The Balaban J connectivity index is -0.0000000102. The van der Waals surface area contributed by atoms with Gasteiger partial charge in [0.05, 0.1) is 6.61 Å². The molecule has 0 amide bonds. The number of allylic oxidation sites excluding steroid dienone is 3. The van der Waals surface area contributed by atoms with Crippen LogP contribution in [0.25, 0.3) is 0 Å². The third-order valence-electron chi connectivity index (χ3n) is 1.05. The Morgan fingerprint density at radius 1 is 1.00 bits per heavy atom.